The van der Waals surface area contributed by atoms with E-state index in [0.717, 1.165) is 5.56 Å². The van der Waals surface area contributed by atoms with E-state index in [-0.39, 0.29) is 11.3 Å². The summed E-state index contributed by atoms with van der Waals surface area (Å²) in [7, 11) is 1.57. The van der Waals surface area contributed by atoms with Crippen LogP contribution in [0.3, 0.4) is 0 Å². The second-order valence-corrected chi connectivity index (χ2v) is 4.72. The number of ether oxygens (including phenoxy) is 2. The summed E-state index contributed by atoms with van der Waals surface area (Å²) in [6.07, 6.45) is 0. The summed E-state index contributed by atoms with van der Waals surface area (Å²) < 4.78 is 9.96. The first-order chi connectivity index (χ1) is 11.1. The highest BCUT2D eigenvalue weighted by Crippen LogP contribution is 2.16. The van der Waals surface area contributed by atoms with Gasteiger partial charge in [0.25, 0.3) is 5.91 Å². The Balaban J connectivity index is 1.81. The van der Waals surface area contributed by atoms with Gasteiger partial charge in [-0.25, -0.2) is 4.79 Å². The number of amides is 1. The summed E-state index contributed by atoms with van der Waals surface area (Å²) in [4.78, 5) is 23.5. The molecule has 0 saturated carbocycles. The number of aromatic hydroxyl groups is 1. The SMILES string of the molecule is COc1cccc(CNC(=O)COC(=O)c2ccccc2O)c1. The molecule has 0 aliphatic rings. The van der Waals surface area contributed by atoms with E-state index in [1.165, 1.54) is 12.1 Å². The highest BCUT2D eigenvalue weighted by molar-refractivity contribution is 5.93. The second kappa shape index (κ2) is 7.84. The Kier molecular flexibility index (Phi) is 5.57. The average molecular weight is 315 g/mol. The van der Waals surface area contributed by atoms with Gasteiger partial charge in [-0.2, -0.15) is 0 Å². The molecule has 0 unspecified atom stereocenters. The number of carbonyl (C=O) groups is 2. The summed E-state index contributed by atoms with van der Waals surface area (Å²) in [5.41, 5.74) is 0.887. The van der Waals surface area contributed by atoms with Gasteiger partial charge in [-0.1, -0.05) is 24.3 Å². The van der Waals surface area contributed by atoms with E-state index >= 15 is 0 Å². The van der Waals surface area contributed by atoms with Gasteiger partial charge < -0.3 is 19.9 Å². The van der Waals surface area contributed by atoms with Crippen LogP contribution in [-0.2, 0) is 16.1 Å². The van der Waals surface area contributed by atoms with Crippen molar-refractivity contribution < 1.29 is 24.2 Å². The maximum atomic E-state index is 11.7. The Hall–Kier alpha value is -3.02. The summed E-state index contributed by atoms with van der Waals surface area (Å²) in [6.45, 7) is -0.124. The smallest absolute Gasteiger partial charge is 0.342 e. The van der Waals surface area contributed by atoms with Crippen molar-refractivity contribution in [1.82, 2.24) is 5.32 Å². The predicted molar refractivity (Wildman–Crippen MR) is 83.2 cm³/mol. The van der Waals surface area contributed by atoms with Crippen LogP contribution in [0.25, 0.3) is 0 Å². The Morgan fingerprint density at radius 2 is 1.91 bits per heavy atom. The minimum atomic E-state index is -0.750. The molecule has 6 heteroatoms. The molecule has 0 radical (unpaired) electrons. The molecular weight excluding hydrogens is 298 g/mol. The number of hydrogen-bond donors (Lipinski definition) is 2. The number of phenols is 1. The topological polar surface area (TPSA) is 84.9 Å². The number of benzene rings is 2. The summed E-state index contributed by atoms with van der Waals surface area (Å²) in [5, 5.41) is 12.2. The average Bonchev–Trinajstić information content (AvgIpc) is 2.58. The van der Waals surface area contributed by atoms with E-state index in [2.05, 4.69) is 5.32 Å². The van der Waals surface area contributed by atoms with Gasteiger partial charge in [-0.05, 0) is 29.8 Å². The third-order valence-electron chi connectivity index (χ3n) is 3.08. The normalized spacial score (nSPS) is 9.96. The molecule has 0 aliphatic carbocycles. The number of esters is 1. The Morgan fingerprint density at radius 1 is 1.13 bits per heavy atom. The fraction of sp³-hybridized carbons (Fsp3) is 0.176. The molecule has 0 aliphatic heterocycles. The molecule has 120 valence electrons. The van der Waals surface area contributed by atoms with Crippen LogP contribution in [0.5, 0.6) is 11.5 Å². The van der Waals surface area contributed by atoms with Crippen LogP contribution in [0.4, 0.5) is 0 Å². The highest BCUT2D eigenvalue weighted by Gasteiger charge is 2.13. The molecule has 1 amide bonds. The molecule has 23 heavy (non-hydrogen) atoms. The summed E-state index contributed by atoms with van der Waals surface area (Å²) in [6, 6.07) is 13.3. The van der Waals surface area contributed by atoms with Crippen LogP contribution in [0.15, 0.2) is 48.5 Å². The first-order valence-electron chi connectivity index (χ1n) is 6.95. The maximum Gasteiger partial charge on any atom is 0.342 e. The maximum absolute atomic E-state index is 11.7. The van der Waals surface area contributed by atoms with Gasteiger partial charge in [-0.3, -0.25) is 4.79 Å². The molecule has 0 atom stereocenters. The summed E-state index contributed by atoms with van der Waals surface area (Å²) in [5.74, 6) is -0.673. The quantitative estimate of drug-likeness (QED) is 0.795. The minimum absolute atomic E-state index is 0.0214. The monoisotopic (exact) mass is 315 g/mol. The van der Waals surface area contributed by atoms with Crippen LogP contribution in [0, 0.1) is 0 Å². The lowest BCUT2D eigenvalue weighted by Crippen LogP contribution is -2.28. The van der Waals surface area contributed by atoms with E-state index in [1.54, 1.807) is 31.4 Å². The molecule has 0 heterocycles. The van der Waals surface area contributed by atoms with E-state index in [4.69, 9.17) is 9.47 Å². The van der Waals surface area contributed by atoms with Crippen molar-refractivity contribution in [1.29, 1.82) is 0 Å². The molecule has 6 nitrogen and oxygen atoms in total. The van der Waals surface area contributed by atoms with Crippen molar-refractivity contribution in [2.75, 3.05) is 13.7 Å². The molecule has 2 N–H and O–H groups in total. The molecule has 0 fully saturated rings. The third-order valence-corrected chi connectivity index (χ3v) is 3.08. The van der Waals surface area contributed by atoms with Crippen molar-refractivity contribution in [2.24, 2.45) is 0 Å². The number of phenolic OH excluding ortho intramolecular Hbond substituents is 1. The lowest BCUT2D eigenvalue weighted by Gasteiger charge is -2.08. The molecule has 2 aromatic carbocycles. The first kappa shape index (κ1) is 16.4. The number of rotatable bonds is 6. The van der Waals surface area contributed by atoms with Crippen molar-refractivity contribution in [3.8, 4) is 11.5 Å². The van der Waals surface area contributed by atoms with E-state index in [1.807, 2.05) is 12.1 Å². The lowest BCUT2D eigenvalue weighted by molar-refractivity contribution is -0.124. The van der Waals surface area contributed by atoms with E-state index in [9.17, 15) is 14.7 Å². The van der Waals surface area contributed by atoms with Crippen molar-refractivity contribution >= 4 is 11.9 Å². The summed E-state index contributed by atoms with van der Waals surface area (Å²) >= 11 is 0. The largest absolute Gasteiger partial charge is 0.507 e. The number of para-hydroxylation sites is 1. The Labute approximate surface area is 133 Å². The molecule has 0 spiro atoms. The van der Waals surface area contributed by atoms with Gasteiger partial charge in [0, 0.05) is 6.54 Å². The standard InChI is InChI=1S/C17H17NO5/c1-22-13-6-4-5-12(9-13)10-18-16(20)11-23-17(21)14-7-2-3-8-15(14)19/h2-9,19H,10-11H2,1H3,(H,18,20). The zero-order chi connectivity index (χ0) is 16.7. The van der Waals surface area contributed by atoms with Gasteiger partial charge >= 0.3 is 5.97 Å². The molecule has 2 rings (SSSR count). The number of methoxy groups -OCH3 is 1. The van der Waals surface area contributed by atoms with E-state index < -0.39 is 18.5 Å². The van der Waals surface area contributed by atoms with Gasteiger partial charge in [0.2, 0.25) is 0 Å². The van der Waals surface area contributed by atoms with Gasteiger partial charge in [0.05, 0.1) is 7.11 Å². The van der Waals surface area contributed by atoms with Crippen molar-refractivity contribution in [2.45, 2.75) is 6.54 Å². The van der Waals surface area contributed by atoms with Gasteiger partial charge in [0.1, 0.15) is 17.1 Å². The lowest BCUT2D eigenvalue weighted by atomic mass is 10.2. The van der Waals surface area contributed by atoms with Gasteiger partial charge in [0.15, 0.2) is 6.61 Å². The number of hydrogen-bond acceptors (Lipinski definition) is 5. The van der Waals surface area contributed by atoms with Crippen LogP contribution >= 0.6 is 0 Å². The third kappa shape index (κ3) is 4.74. The molecule has 0 aromatic heterocycles. The fourth-order valence-electron chi connectivity index (χ4n) is 1.89. The molecular formula is C17H17NO5. The minimum Gasteiger partial charge on any atom is -0.507 e. The Bertz CT molecular complexity index is 699. The van der Waals surface area contributed by atoms with E-state index in [0.29, 0.717) is 12.3 Å². The molecule has 2 aromatic rings. The number of nitrogens with one attached hydrogen (secondary N) is 1. The van der Waals surface area contributed by atoms with Gasteiger partial charge in [-0.15, -0.1) is 0 Å². The van der Waals surface area contributed by atoms with Crippen LogP contribution < -0.4 is 10.1 Å². The fourth-order valence-corrected chi connectivity index (χ4v) is 1.89. The zero-order valence-electron chi connectivity index (χ0n) is 12.6. The predicted octanol–water partition coefficient (Wildman–Crippen LogP) is 1.87. The van der Waals surface area contributed by atoms with Crippen LogP contribution in [0.2, 0.25) is 0 Å². The van der Waals surface area contributed by atoms with Crippen molar-refractivity contribution in [3.63, 3.8) is 0 Å². The zero-order valence-corrected chi connectivity index (χ0v) is 12.6. The highest BCUT2D eigenvalue weighted by atomic mass is 16.5. The second-order valence-electron chi connectivity index (χ2n) is 4.72. The van der Waals surface area contributed by atoms with Crippen LogP contribution in [0.1, 0.15) is 15.9 Å². The van der Waals surface area contributed by atoms with Crippen molar-refractivity contribution in [3.05, 3.63) is 59.7 Å². The van der Waals surface area contributed by atoms with Crippen LogP contribution in [-0.4, -0.2) is 30.7 Å². The Morgan fingerprint density at radius 3 is 2.65 bits per heavy atom. The first-order valence-corrected chi connectivity index (χ1v) is 6.95. The number of carbonyl (C=O) groups excluding carboxylic acids is 2. The molecule has 0 saturated heterocycles. The molecule has 0 bridgehead atoms.